The SMILES string of the molecule is CC(C)(C)N(C(=O)O)[C@H]1CC[C@@H](C(=O)N[C@H]2CCC[C@@H](Nc3ncc(Cl)c(-c4c[nH]c5ccccc45)n3)C2)CC1. The largest absolute Gasteiger partial charge is 0.465 e. The number of anilines is 1. The van der Waals surface area contributed by atoms with Crippen molar-refractivity contribution in [3.05, 3.63) is 41.7 Å². The molecule has 1 aromatic carbocycles. The fourth-order valence-electron chi connectivity index (χ4n) is 6.43. The van der Waals surface area contributed by atoms with Crippen molar-refractivity contribution in [2.24, 2.45) is 5.92 Å². The first kappa shape index (κ1) is 28.2. The summed E-state index contributed by atoms with van der Waals surface area (Å²) in [6, 6.07) is 8.22. The molecule has 0 bridgehead atoms. The smallest absolute Gasteiger partial charge is 0.407 e. The Labute approximate surface area is 240 Å². The Morgan fingerprint density at radius 3 is 2.52 bits per heavy atom. The number of halogens is 1. The molecule has 2 aliphatic carbocycles. The first-order chi connectivity index (χ1) is 19.1. The second kappa shape index (κ2) is 11.6. The highest BCUT2D eigenvalue weighted by atomic mass is 35.5. The maximum absolute atomic E-state index is 13.2. The number of hydrogen-bond donors (Lipinski definition) is 4. The van der Waals surface area contributed by atoms with Crippen molar-refractivity contribution in [1.82, 2.24) is 25.2 Å². The lowest BCUT2D eigenvalue weighted by molar-refractivity contribution is -0.127. The van der Waals surface area contributed by atoms with Crippen molar-refractivity contribution in [2.75, 3.05) is 5.32 Å². The molecular weight excluding hydrogens is 528 g/mol. The van der Waals surface area contributed by atoms with Gasteiger partial charge in [0.2, 0.25) is 11.9 Å². The maximum Gasteiger partial charge on any atom is 0.407 e. The van der Waals surface area contributed by atoms with Crippen LogP contribution in [0.1, 0.15) is 72.1 Å². The van der Waals surface area contributed by atoms with Crippen LogP contribution in [-0.4, -0.2) is 60.6 Å². The van der Waals surface area contributed by atoms with E-state index >= 15 is 0 Å². The number of carbonyl (C=O) groups excluding carboxylic acids is 1. The van der Waals surface area contributed by atoms with Crippen LogP contribution in [0.2, 0.25) is 5.02 Å². The average molecular weight is 567 g/mol. The van der Waals surface area contributed by atoms with Crippen LogP contribution in [0.3, 0.4) is 0 Å². The Bertz CT molecular complexity index is 1360. The lowest BCUT2D eigenvalue weighted by Crippen LogP contribution is -2.53. The molecule has 3 aromatic rings. The van der Waals surface area contributed by atoms with Crippen LogP contribution in [0.5, 0.6) is 0 Å². The monoisotopic (exact) mass is 566 g/mol. The molecule has 2 aliphatic rings. The molecule has 2 aromatic heterocycles. The molecule has 5 rings (SSSR count). The predicted octanol–water partition coefficient (Wildman–Crippen LogP) is 6.45. The molecule has 0 radical (unpaired) electrons. The zero-order valence-electron chi connectivity index (χ0n) is 23.4. The third-order valence-electron chi connectivity index (χ3n) is 8.30. The van der Waals surface area contributed by atoms with Crippen molar-refractivity contribution < 1.29 is 14.7 Å². The molecule has 40 heavy (non-hydrogen) atoms. The number of nitrogens with one attached hydrogen (secondary N) is 3. The van der Waals surface area contributed by atoms with Gasteiger partial charge in [0.25, 0.3) is 0 Å². The third-order valence-corrected chi connectivity index (χ3v) is 8.58. The van der Waals surface area contributed by atoms with Gasteiger partial charge in [-0.05, 0) is 78.2 Å². The Kier molecular flexibility index (Phi) is 8.21. The molecule has 2 saturated carbocycles. The molecule has 214 valence electrons. The van der Waals surface area contributed by atoms with E-state index in [0.29, 0.717) is 42.3 Å². The van der Waals surface area contributed by atoms with E-state index in [1.807, 2.05) is 51.2 Å². The van der Waals surface area contributed by atoms with Gasteiger partial charge in [-0.1, -0.05) is 29.8 Å². The van der Waals surface area contributed by atoms with E-state index in [1.54, 1.807) is 11.1 Å². The van der Waals surface area contributed by atoms with E-state index in [1.165, 1.54) is 0 Å². The number of para-hydroxylation sites is 1. The van der Waals surface area contributed by atoms with Crippen molar-refractivity contribution in [3.8, 4) is 11.3 Å². The number of hydrogen-bond acceptors (Lipinski definition) is 5. The molecule has 4 N–H and O–H groups in total. The van der Waals surface area contributed by atoms with Crippen LogP contribution in [0.4, 0.5) is 10.7 Å². The summed E-state index contributed by atoms with van der Waals surface area (Å²) in [7, 11) is 0. The number of nitrogens with zero attached hydrogens (tertiary/aromatic N) is 3. The van der Waals surface area contributed by atoms with Gasteiger partial charge in [-0.2, -0.15) is 0 Å². The van der Waals surface area contributed by atoms with E-state index in [2.05, 4.69) is 20.6 Å². The minimum Gasteiger partial charge on any atom is -0.465 e. The zero-order valence-corrected chi connectivity index (χ0v) is 24.2. The van der Waals surface area contributed by atoms with Gasteiger partial charge in [-0.3, -0.25) is 4.79 Å². The molecule has 2 atom stereocenters. The second-order valence-electron chi connectivity index (χ2n) is 12.2. The number of H-pyrrole nitrogens is 1. The Morgan fingerprint density at radius 2 is 1.80 bits per heavy atom. The van der Waals surface area contributed by atoms with Crippen LogP contribution in [-0.2, 0) is 4.79 Å². The fraction of sp³-hybridized carbons (Fsp3) is 0.533. The highest BCUT2D eigenvalue weighted by Gasteiger charge is 2.37. The summed E-state index contributed by atoms with van der Waals surface area (Å²) in [6.07, 6.45) is 9.22. The molecule has 2 fully saturated rings. The third kappa shape index (κ3) is 6.19. The Morgan fingerprint density at radius 1 is 1.07 bits per heavy atom. The van der Waals surface area contributed by atoms with Crippen molar-refractivity contribution in [2.45, 2.75) is 95.8 Å². The van der Waals surface area contributed by atoms with Gasteiger partial charge in [0.15, 0.2) is 0 Å². The molecule has 0 spiro atoms. The van der Waals surface area contributed by atoms with Crippen LogP contribution < -0.4 is 10.6 Å². The normalized spacial score (nSPS) is 23.5. The number of fused-ring (bicyclic) bond motifs is 1. The van der Waals surface area contributed by atoms with Crippen LogP contribution in [0.25, 0.3) is 22.2 Å². The molecule has 0 aliphatic heterocycles. The molecule has 0 unspecified atom stereocenters. The molecule has 2 amide bonds. The van der Waals surface area contributed by atoms with E-state index < -0.39 is 11.6 Å². The number of aromatic nitrogens is 3. The minimum absolute atomic E-state index is 0.0432. The number of rotatable bonds is 6. The fourth-order valence-corrected chi connectivity index (χ4v) is 6.63. The summed E-state index contributed by atoms with van der Waals surface area (Å²) < 4.78 is 0. The van der Waals surface area contributed by atoms with Crippen LogP contribution in [0, 0.1) is 5.92 Å². The average Bonchev–Trinajstić information content (AvgIpc) is 3.33. The molecule has 10 heteroatoms. The van der Waals surface area contributed by atoms with Gasteiger partial charge in [-0.15, -0.1) is 0 Å². The lowest BCUT2D eigenvalue weighted by Gasteiger charge is -2.42. The number of amides is 2. The van der Waals surface area contributed by atoms with Crippen molar-refractivity contribution in [3.63, 3.8) is 0 Å². The molecule has 9 nitrogen and oxygen atoms in total. The quantitative estimate of drug-likeness (QED) is 0.272. The van der Waals surface area contributed by atoms with Gasteiger partial charge >= 0.3 is 6.09 Å². The summed E-state index contributed by atoms with van der Waals surface area (Å²) in [6.45, 7) is 5.77. The molecular formula is C30H39ClN6O3. The first-order valence-corrected chi connectivity index (χ1v) is 14.7. The van der Waals surface area contributed by atoms with E-state index in [-0.39, 0.29) is 30.0 Å². The summed E-state index contributed by atoms with van der Waals surface area (Å²) in [5.74, 6) is 0.548. The first-order valence-electron chi connectivity index (χ1n) is 14.3. The number of benzene rings is 1. The van der Waals surface area contributed by atoms with Crippen LogP contribution in [0.15, 0.2) is 36.7 Å². The van der Waals surface area contributed by atoms with Crippen LogP contribution >= 0.6 is 11.6 Å². The summed E-state index contributed by atoms with van der Waals surface area (Å²) in [5, 5.41) is 18.0. The molecule has 2 heterocycles. The van der Waals surface area contributed by atoms with Gasteiger partial charge < -0.3 is 25.6 Å². The Balaban J connectivity index is 1.17. The van der Waals surface area contributed by atoms with Crippen molar-refractivity contribution >= 4 is 40.5 Å². The van der Waals surface area contributed by atoms with E-state index in [0.717, 1.165) is 42.1 Å². The standard InChI is InChI=1S/C30H39ClN6O3/c1-30(2,3)37(29(39)40)21-13-11-18(12-14-21)27(38)34-19-7-6-8-20(15-19)35-28-33-17-24(31)26(36-28)23-16-32-25-10-5-4-9-22(23)25/h4-5,9-10,16-21,32H,6-8,11-15H2,1-3H3,(H,34,38)(H,39,40)(H,33,35,36)/t18-,19-,20+,21+/m0/s1. The highest BCUT2D eigenvalue weighted by molar-refractivity contribution is 6.33. The van der Waals surface area contributed by atoms with Gasteiger partial charge in [-0.25, -0.2) is 14.8 Å². The second-order valence-corrected chi connectivity index (χ2v) is 12.6. The molecule has 0 saturated heterocycles. The number of carboxylic acid groups (broad SMARTS) is 1. The number of carbonyl (C=O) groups is 2. The minimum atomic E-state index is -0.889. The number of aromatic amines is 1. The maximum atomic E-state index is 13.2. The summed E-state index contributed by atoms with van der Waals surface area (Å²) in [4.78, 5) is 39.0. The topological polar surface area (TPSA) is 123 Å². The van der Waals surface area contributed by atoms with Gasteiger partial charge in [0.05, 0.1) is 16.9 Å². The zero-order chi connectivity index (χ0) is 28.4. The Hall–Kier alpha value is -3.33. The lowest BCUT2D eigenvalue weighted by atomic mass is 9.83. The summed E-state index contributed by atoms with van der Waals surface area (Å²) in [5.41, 5.74) is 2.18. The van der Waals surface area contributed by atoms with E-state index in [9.17, 15) is 14.7 Å². The predicted molar refractivity (Wildman–Crippen MR) is 158 cm³/mol. The highest BCUT2D eigenvalue weighted by Crippen LogP contribution is 2.34. The van der Waals surface area contributed by atoms with Gasteiger partial charge in [0.1, 0.15) is 0 Å². The van der Waals surface area contributed by atoms with Gasteiger partial charge in [0, 0.05) is 52.2 Å². The van der Waals surface area contributed by atoms with E-state index in [4.69, 9.17) is 16.6 Å². The van der Waals surface area contributed by atoms with Crippen molar-refractivity contribution in [1.29, 1.82) is 0 Å². The summed E-state index contributed by atoms with van der Waals surface area (Å²) >= 11 is 6.50.